The van der Waals surface area contributed by atoms with E-state index in [4.69, 9.17) is 0 Å². The molecule has 0 unspecified atom stereocenters. The molecular formula is C22H17N3O3. The van der Waals surface area contributed by atoms with Gasteiger partial charge < -0.3 is 5.32 Å². The molecule has 3 aromatic rings. The van der Waals surface area contributed by atoms with Crippen LogP contribution in [0.5, 0.6) is 0 Å². The van der Waals surface area contributed by atoms with Gasteiger partial charge in [0.1, 0.15) is 0 Å². The SMILES string of the molecule is O=C(Nc1cccc(N=CC=Cc2cccc([N+](=O)[O-])c2)c1)c1ccccc1. The van der Waals surface area contributed by atoms with Crippen LogP contribution in [0.3, 0.4) is 0 Å². The van der Waals surface area contributed by atoms with Gasteiger partial charge in [-0.2, -0.15) is 0 Å². The molecule has 0 bridgehead atoms. The molecule has 1 N–H and O–H groups in total. The lowest BCUT2D eigenvalue weighted by Gasteiger charge is -2.05. The van der Waals surface area contributed by atoms with E-state index in [0.717, 1.165) is 0 Å². The molecule has 0 aromatic heterocycles. The summed E-state index contributed by atoms with van der Waals surface area (Å²) in [6.45, 7) is 0. The Balaban J connectivity index is 1.65. The number of carbonyl (C=O) groups excluding carboxylic acids is 1. The number of nitro benzene ring substituents is 1. The normalized spacial score (nSPS) is 11.0. The Hall–Kier alpha value is -4.06. The van der Waals surface area contributed by atoms with E-state index in [1.165, 1.54) is 12.1 Å². The van der Waals surface area contributed by atoms with Crippen LogP contribution in [0.2, 0.25) is 0 Å². The van der Waals surface area contributed by atoms with Gasteiger partial charge in [-0.25, -0.2) is 0 Å². The number of amides is 1. The van der Waals surface area contributed by atoms with Crippen LogP contribution in [0, 0.1) is 10.1 Å². The topological polar surface area (TPSA) is 84.6 Å². The number of allylic oxidation sites excluding steroid dienone is 1. The molecule has 0 radical (unpaired) electrons. The molecule has 0 fully saturated rings. The van der Waals surface area contributed by atoms with Gasteiger partial charge in [0.05, 0.1) is 10.6 Å². The van der Waals surface area contributed by atoms with Gasteiger partial charge in [0, 0.05) is 29.6 Å². The minimum absolute atomic E-state index is 0.0425. The first-order valence-electron chi connectivity index (χ1n) is 8.53. The molecule has 0 saturated heterocycles. The van der Waals surface area contributed by atoms with Crippen molar-refractivity contribution in [3.8, 4) is 0 Å². The first-order chi connectivity index (χ1) is 13.6. The van der Waals surface area contributed by atoms with E-state index in [2.05, 4.69) is 10.3 Å². The highest BCUT2D eigenvalue weighted by Crippen LogP contribution is 2.19. The summed E-state index contributed by atoms with van der Waals surface area (Å²) < 4.78 is 0. The summed E-state index contributed by atoms with van der Waals surface area (Å²) >= 11 is 0. The molecule has 0 saturated carbocycles. The quantitative estimate of drug-likeness (QED) is 0.364. The molecule has 3 rings (SSSR count). The van der Waals surface area contributed by atoms with Gasteiger partial charge in [0.2, 0.25) is 0 Å². The third kappa shape index (κ3) is 5.22. The Morgan fingerprint density at radius 2 is 1.75 bits per heavy atom. The van der Waals surface area contributed by atoms with E-state index in [0.29, 0.717) is 22.5 Å². The molecule has 138 valence electrons. The second-order valence-corrected chi connectivity index (χ2v) is 5.86. The van der Waals surface area contributed by atoms with Crippen LogP contribution in [-0.4, -0.2) is 17.0 Å². The fourth-order valence-corrected chi connectivity index (χ4v) is 2.48. The van der Waals surface area contributed by atoms with Crippen molar-refractivity contribution < 1.29 is 9.72 Å². The molecule has 0 heterocycles. The van der Waals surface area contributed by atoms with Gasteiger partial charge >= 0.3 is 0 Å². The van der Waals surface area contributed by atoms with Crippen LogP contribution in [0.1, 0.15) is 15.9 Å². The van der Waals surface area contributed by atoms with Gasteiger partial charge in [-0.05, 0) is 42.0 Å². The number of aliphatic imine (C=N–C) groups is 1. The summed E-state index contributed by atoms with van der Waals surface area (Å²) in [5.41, 5.74) is 2.66. The summed E-state index contributed by atoms with van der Waals surface area (Å²) in [4.78, 5) is 26.9. The zero-order valence-corrected chi connectivity index (χ0v) is 14.9. The molecule has 28 heavy (non-hydrogen) atoms. The van der Waals surface area contributed by atoms with E-state index >= 15 is 0 Å². The van der Waals surface area contributed by atoms with Crippen molar-refractivity contribution in [2.24, 2.45) is 4.99 Å². The molecule has 6 nitrogen and oxygen atoms in total. The first kappa shape index (κ1) is 18.7. The van der Waals surface area contributed by atoms with E-state index in [1.54, 1.807) is 60.8 Å². The second-order valence-electron chi connectivity index (χ2n) is 5.86. The Morgan fingerprint density at radius 1 is 0.964 bits per heavy atom. The number of non-ortho nitro benzene ring substituents is 1. The fraction of sp³-hybridized carbons (Fsp3) is 0. The predicted octanol–water partition coefficient (Wildman–Crippen LogP) is 5.26. The highest BCUT2D eigenvalue weighted by atomic mass is 16.6. The van der Waals surface area contributed by atoms with Gasteiger partial charge in [-0.15, -0.1) is 0 Å². The van der Waals surface area contributed by atoms with E-state index in [1.807, 2.05) is 24.3 Å². The zero-order chi connectivity index (χ0) is 19.8. The average Bonchev–Trinajstić information content (AvgIpc) is 2.72. The molecule has 0 aliphatic carbocycles. The molecule has 0 aliphatic heterocycles. The van der Waals surface area contributed by atoms with Crippen molar-refractivity contribution in [3.63, 3.8) is 0 Å². The van der Waals surface area contributed by atoms with Crippen molar-refractivity contribution in [2.45, 2.75) is 0 Å². The monoisotopic (exact) mass is 371 g/mol. The van der Waals surface area contributed by atoms with Crippen molar-refractivity contribution in [1.82, 2.24) is 0 Å². The van der Waals surface area contributed by atoms with Crippen molar-refractivity contribution in [1.29, 1.82) is 0 Å². The number of nitrogens with zero attached hydrogens (tertiary/aromatic N) is 2. The van der Waals surface area contributed by atoms with Crippen LogP contribution in [0.25, 0.3) is 6.08 Å². The van der Waals surface area contributed by atoms with E-state index in [9.17, 15) is 14.9 Å². The van der Waals surface area contributed by atoms with Crippen molar-refractivity contribution in [3.05, 3.63) is 106 Å². The number of hydrogen-bond donors (Lipinski definition) is 1. The maximum atomic E-state index is 12.2. The third-order valence-electron chi connectivity index (χ3n) is 3.82. The number of nitrogens with one attached hydrogen (secondary N) is 1. The number of rotatable bonds is 6. The fourth-order valence-electron chi connectivity index (χ4n) is 2.48. The average molecular weight is 371 g/mol. The first-order valence-corrected chi connectivity index (χ1v) is 8.53. The lowest BCUT2D eigenvalue weighted by atomic mass is 10.2. The summed E-state index contributed by atoms with van der Waals surface area (Å²) in [6.07, 6.45) is 5.03. The molecule has 0 aliphatic rings. The molecular weight excluding hydrogens is 354 g/mol. The summed E-state index contributed by atoms with van der Waals surface area (Å²) in [5, 5.41) is 13.6. The third-order valence-corrected chi connectivity index (χ3v) is 3.82. The number of anilines is 1. The second kappa shape index (κ2) is 9.05. The predicted molar refractivity (Wildman–Crippen MR) is 111 cm³/mol. The van der Waals surface area contributed by atoms with Gasteiger partial charge in [0.25, 0.3) is 11.6 Å². The maximum Gasteiger partial charge on any atom is 0.270 e. The number of hydrogen-bond acceptors (Lipinski definition) is 4. The minimum atomic E-state index is -0.430. The standard InChI is InChI=1S/C22H17N3O3/c26-22(18-9-2-1-3-10-18)24-20-12-5-11-19(16-20)23-14-6-8-17-7-4-13-21(15-17)25(27)28/h1-16H,(H,24,26). The van der Waals surface area contributed by atoms with Crippen LogP contribution in [-0.2, 0) is 0 Å². The highest BCUT2D eigenvalue weighted by molar-refractivity contribution is 6.04. The molecule has 0 spiro atoms. The largest absolute Gasteiger partial charge is 0.322 e. The number of benzene rings is 3. The van der Waals surface area contributed by atoms with Crippen molar-refractivity contribution in [2.75, 3.05) is 5.32 Å². The Morgan fingerprint density at radius 3 is 2.54 bits per heavy atom. The zero-order valence-electron chi connectivity index (χ0n) is 14.9. The summed E-state index contributed by atoms with van der Waals surface area (Å²) in [7, 11) is 0. The molecule has 6 heteroatoms. The summed E-state index contributed by atoms with van der Waals surface area (Å²) in [6, 6.07) is 22.5. The highest BCUT2D eigenvalue weighted by Gasteiger charge is 2.05. The van der Waals surface area contributed by atoms with Crippen LogP contribution in [0.4, 0.5) is 17.1 Å². The van der Waals surface area contributed by atoms with Crippen LogP contribution < -0.4 is 5.32 Å². The summed E-state index contributed by atoms with van der Waals surface area (Å²) in [5.74, 6) is -0.188. The van der Waals surface area contributed by atoms with Gasteiger partial charge in [0.15, 0.2) is 0 Å². The Labute approximate surface area is 162 Å². The van der Waals surface area contributed by atoms with Gasteiger partial charge in [-0.1, -0.05) is 42.5 Å². The van der Waals surface area contributed by atoms with E-state index in [-0.39, 0.29) is 11.6 Å². The van der Waals surface area contributed by atoms with Crippen LogP contribution >= 0.6 is 0 Å². The molecule has 3 aromatic carbocycles. The smallest absolute Gasteiger partial charge is 0.270 e. The number of nitro groups is 1. The molecule has 0 atom stereocenters. The molecule has 1 amide bonds. The van der Waals surface area contributed by atoms with E-state index < -0.39 is 4.92 Å². The number of carbonyl (C=O) groups is 1. The maximum absolute atomic E-state index is 12.2. The van der Waals surface area contributed by atoms with Crippen molar-refractivity contribution >= 4 is 35.3 Å². The Bertz CT molecular complexity index is 1040. The van der Waals surface area contributed by atoms with Crippen LogP contribution in [0.15, 0.2) is 89.9 Å². The Kier molecular flexibility index (Phi) is 6.05. The lowest BCUT2D eigenvalue weighted by Crippen LogP contribution is -2.11. The van der Waals surface area contributed by atoms with Gasteiger partial charge in [-0.3, -0.25) is 19.9 Å². The minimum Gasteiger partial charge on any atom is -0.322 e. The lowest BCUT2D eigenvalue weighted by molar-refractivity contribution is -0.384.